The van der Waals surface area contributed by atoms with Gasteiger partial charge in [0.2, 0.25) is 0 Å². The minimum Gasteiger partial charge on any atom is -0.491 e. The summed E-state index contributed by atoms with van der Waals surface area (Å²) in [6, 6.07) is 8.40. The number of hydrazine groups is 1. The zero-order chi connectivity index (χ0) is 14.4. The molecule has 0 fully saturated rings. The first kappa shape index (κ1) is 15.1. The highest BCUT2D eigenvalue weighted by molar-refractivity contribution is 5.31. The first-order chi connectivity index (χ1) is 9.69. The van der Waals surface area contributed by atoms with Crippen molar-refractivity contribution in [3.05, 3.63) is 41.5 Å². The molecule has 0 amide bonds. The van der Waals surface area contributed by atoms with Crippen LogP contribution in [-0.4, -0.2) is 6.10 Å². The second-order valence-electron chi connectivity index (χ2n) is 5.77. The van der Waals surface area contributed by atoms with E-state index in [0.717, 1.165) is 12.2 Å². The predicted octanol–water partition coefficient (Wildman–Crippen LogP) is 3.87. The van der Waals surface area contributed by atoms with Crippen LogP contribution >= 0.6 is 0 Å². The largest absolute Gasteiger partial charge is 0.491 e. The molecular formula is C17H26N2O. The first-order valence-electron chi connectivity index (χ1n) is 7.59. The van der Waals surface area contributed by atoms with E-state index in [1.54, 1.807) is 0 Å². The van der Waals surface area contributed by atoms with Gasteiger partial charge in [0.1, 0.15) is 5.75 Å². The van der Waals surface area contributed by atoms with Gasteiger partial charge in [-0.1, -0.05) is 23.8 Å². The average molecular weight is 274 g/mol. The molecule has 0 radical (unpaired) electrons. The monoisotopic (exact) mass is 274 g/mol. The Hall–Kier alpha value is -1.32. The Labute approximate surface area is 122 Å². The molecule has 0 aliphatic heterocycles. The average Bonchev–Trinajstić information content (AvgIpc) is 2.45. The first-order valence-corrected chi connectivity index (χ1v) is 7.59. The van der Waals surface area contributed by atoms with Gasteiger partial charge in [-0.05, 0) is 63.6 Å². The molecule has 1 aliphatic carbocycles. The van der Waals surface area contributed by atoms with Crippen molar-refractivity contribution < 1.29 is 4.74 Å². The van der Waals surface area contributed by atoms with E-state index in [1.807, 2.05) is 26.0 Å². The number of ether oxygens (including phenoxy) is 1. The van der Waals surface area contributed by atoms with Crippen LogP contribution in [0, 0.1) is 0 Å². The quantitative estimate of drug-likeness (QED) is 0.470. The minimum atomic E-state index is 0.162. The van der Waals surface area contributed by atoms with Crippen LogP contribution in [0.25, 0.3) is 0 Å². The van der Waals surface area contributed by atoms with Gasteiger partial charge in [-0.25, -0.2) is 0 Å². The Morgan fingerprint density at radius 3 is 2.80 bits per heavy atom. The van der Waals surface area contributed by atoms with Crippen LogP contribution in [0.2, 0.25) is 0 Å². The highest BCUT2D eigenvalue weighted by Gasteiger charge is 2.14. The molecule has 0 bridgehead atoms. The van der Waals surface area contributed by atoms with E-state index in [4.69, 9.17) is 10.6 Å². The van der Waals surface area contributed by atoms with Gasteiger partial charge < -0.3 is 4.74 Å². The smallest absolute Gasteiger partial charge is 0.120 e. The Morgan fingerprint density at radius 2 is 2.15 bits per heavy atom. The fourth-order valence-electron chi connectivity index (χ4n) is 2.70. The second-order valence-corrected chi connectivity index (χ2v) is 5.77. The maximum Gasteiger partial charge on any atom is 0.120 e. The van der Waals surface area contributed by atoms with Gasteiger partial charge in [0, 0.05) is 6.04 Å². The maximum atomic E-state index is 5.76. The van der Waals surface area contributed by atoms with Crippen LogP contribution in [0.5, 0.6) is 5.75 Å². The number of allylic oxidation sites excluding steroid dienone is 1. The molecule has 110 valence electrons. The maximum absolute atomic E-state index is 5.76. The van der Waals surface area contributed by atoms with Crippen LogP contribution in [0.4, 0.5) is 0 Å². The Bertz CT molecular complexity index is 454. The van der Waals surface area contributed by atoms with E-state index < -0.39 is 0 Å². The fourth-order valence-corrected chi connectivity index (χ4v) is 2.70. The van der Waals surface area contributed by atoms with Crippen molar-refractivity contribution in [2.45, 2.75) is 58.1 Å². The Kier molecular flexibility index (Phi) is 5.62. The Balaban J connectivity index is 2.08. The van der Waals surface area contributed by atoms with Gasteiger partial charge in [-0.15, -0.1) is 0 Å². The van der Waals surface area contributed by atoms with E-state index in [9.17, 15) is 0 Å². The summed E-state index contributed by atoms with van der Waals surface area (Å²) in [7, 11) is 0. The molecule has 20 heavy (non-hydrogen) atoms. The summed E-state index contributed by atoms with van der Waals surface area (Å²) in [5, 5.41) is 0. The number of hydrogen-bond donors (Lipinski definition) is 2. The van der Waals surface area contributed by atoms with Gasteiger partial charge in [-0.2, -0.15) is 0 Å². The minimum absolute atomic E-state index is 0.162. The highest BCUT2D eigenvalue weighted by Crippen LogP contribution is 2.28. The lowest BCUT2D eigenvalue weighted by Crippen LogP contribution is -2.28. The standard InChI is InChI=1S/C17H26N2O/c1-13(2)20-16-10-6-9-15(12-16)17(19-18)11-14-7-4-3-5-8-14/h6-7,9-10,12-13,17,19H,3-5,8,11,18H2,1-2H3. The summed E-state index contributed by atoms with van der Waals surface area (Å²) in [5.74, 6) is 6.67. The van der Waals surface area contributed by atoms with Gasteiger partial charge in [-0.3, -0.25) is 11.3 Å². The molecule has 0 heterocycles. The highest BCUT2D eigenvalue weighted by atomic mass is 16.5. The van der Waals surface area contributed by atoms with E-state index in [0.29, 0.717) is 0 Å². The molecule has 0 aromatic heterocycles. The third-order valence-electron chi connectivity index (χ3n) is 3.68. The third kappa shape index (κ3) is 4.36. The summed E-state index contributed by atoms with van der Waals surface area (Å²) in [6.07, 6.45) is 8.60. The summed E-state index contributed by atoms with van der Waals surface area (Å²) in [4.78, 5) is 0. The number of nitrogens with two attached hydrogens (primary N) is 1. The Morgan fingerprint density at radius 1 is 1.30 bits per heavy atom. The number of nitrogens with one attached hydrogen (secondary N) is 1. The summed E-state index contributed by atoms with van der Waals surface area (Å²) in [6.45, 7) is 4.08. The lowest BCUT2D eigenvalue weighted by molar-refractivity contribution is 0.242. The SMILES string of the molecule is CC(C)Oc1cccc(C(CC2=CCCCC2)NN)c1. The predicted molar refractivity (Wildman–Crippen MR) is 83.4 cm³/mol. The van der Waals surface area contributed by atoms with Gasteiger partial charge >= 0.3 is 0 Å². The van der Waals surface area contributed by atoms with Crippen LogP contribution in [0.3, 0.4) is 0 Å². The molecule has 0 saturated heterocycles. The molecule has 1 aliphatic rings. The van der Waals surface area contributed by atoms with Crippen molar-refractivity contribution in [2.24, 2.45) is 5.84 Å². The topological polar surface area (TPSA) is 47.3 Å². The molecule has 3 heteroatoms. The van der Waals surface area contributed by atoms with Crippen molar-refractivity contribution in [3.8, 4) is 5.75 Å². The molecule has 0 spiro atoms. The third-order valence-corrected chi connectivity index (χ3v) is 3.68. The molecule has 0 saturated carbocycles. The van der Waals surface area contributed by atoms with Crippen molar-refractivity contribution in [2.75, 3.05) is 0 Å². The second kappa shape index (κ2) is 7.46. The van der Waals surface area contributed by atoms with Gasteiger partial charge in [0.15, 0.2) is 0 Å². The van der Waals surface area contributed by atoms with Crippen LogP contribution < -0.4 is 16.0 Å². The molecule has 1 aromatic carbocycles. The normalized spacial score (nSPS) is 16.9. The molecule has 1 atom stereocenters. The molecule has 1 aromatic rings. The molecule has 2 rings (SSSR count). The van der Waals surface area contributed by atoms with Crippen molar-refractivity contribution in [3.63, 3.8) is 0 Å². The molecule has 3 N–H and O–H groups in total. The lowest BCUT2D eigenvalue weighted by atomic mass is 9.92. The number of hydrogen-bond acceptors (Lipinski definition) is 3. The van der Waals surface area contributed by atoms with E-state index in [1.165, 1.54) is 36.8 Å². The van der Waals surface area contributed by atoms with E-state index >= 15 is 0 Å². The van der Waals surface area contributed by atoms with Crippen LogP contribution in [0.1, 0.15) is 57.6 Å². The van der Waals surface area contributed by atoms with Crippen LogP contribution in [-0.2, 0) is 0 Å². The van der Waals surface area contributed by atoms with Crippen LogP contribution in [0.15, 0.2) is 35.9 Å². The van der Waals surface area contributed by atoms with Crippen molar-refractivity contribution in [1.82, 2.24) is 5.43 Å². The summed E-state index contributed by atoms with van der Waals surface area (Å²) in [5.41, 5.74) is 5.66. The van der Waals surface area contributed by atoms with Crippen molar-refractivity contribution >= 4 is 0 Å². The number of rotatable bonds is 6. The molecule has 1 unspecified atom stereocenters. The summed E-state index contributed by atoms with van der Waals surface area (Å²) < 4.78 is 5.76. The van der Waals surface area contributed by atoms with Gasteiger partial charge in [0.05, 0.1) is 6.10 Å². The lowest BCUT2D eigenvalue weighted by Gasteiger charge is -2.21. The number of benzene rings is 1. The van der Waals surface area contributed by atoms with Gasteiger partial charge in [0.25, 0.3) is 0 Å². The molecular weight excluding hydrogens is 248 g/mol. The van der Waals surface area contributed by atoms with E-state index in [2.05, 4.69) is 23.6 Å². The zero-order valence-electron chi connectivity index (χ0n) is 12.6. The van der Waals surface area contributed by atoms with E-state index in [-0.39, 0.29) is 12.1 Å². The van der Waals surface area contributed by atoms with Crippen molar-refractivity contribution in [1.29, 1.82) is 0 Å². The molecule has 3 nitrogen and oxygen atoms in total. The summed E-state index contributed by atoms with van der Waals surface area (Å²) >= 11 is 0. The zero-order valence-corrected chi connectivity index (χ0v) is 12.6. The fraction of sp³-hybridized carbons (Fsp3) is 0.529.